The van der Waals surface area contributed by atoms with Crippen LogP contribution in [0.25, 0.3) is 33.6 Å². The first-order valence-corrected chi connectivity index (χ1v) is 14.8. The van der Waals surface area contributed by atoms with Crippen molar-refractivity contribution >= 4 is 50.0 Å². The van der Waals surface area contributed by atoms with Gasteiger partial charge >= 0.3 is 6.09 Å². The highest BCUT2D eigenvalue weighted by Gasteiger charge is 2.29. The number of pyridine rings is 1. The number of carbonyl (C=O) groups excluding carboxylic acids is 2. The second-order valence-corrected chi connectivity index (χ2v) is 12.9. The molecule has 0 unspecified atom stereocenters. The van der Waals surface area contributed by atoms with Crippen molar-refractivity contribution in [1.82, 2.24) is 29.3 Å². The standard InChI is InChI=1S/C30H35BrN6O3/c1-30(2,3)40-29(39)33-21-8-6-12-36(17-21)28(38)20-13-22(31)25-23(14-20)34-27(35(25)4)24-15-19-7-5-11-32-26(19)37(24)16-18-9-10-18/h5,7,11,13-15,18,21H,6,8-10,12,16-17H2,1-4H3,(H,33,39)/t21-/m1/s1. The van der Waals surface area contributed by atoms with Gasteiger partial charge in [0.2, 0.25) is 0 Å². The highest BCUT2D eigenvalue weighted by atomic mass is 79.9. The Kier molecular flexibility index (Phi) is 6.84. The Morgan fingerprint density at radius 1 is 1.18 bits per heavy atom. The van der Waals surface area contributed by atoms with Gasteiger partial charge in [0.15, 0.2) is 5.82 Å². The lowest BCUT2D eigenvalue weighted by Gasteiger charge is -2.33. The fourth-order valence-corrected chi connectivity index (χ4v) is 6.32. The molecule has 1 aromatic carbocycles. The van der Waals surface area contributed by atoms with E-state index in [0.29, 0.717) is 24.6 Å². The van der Waals surface area contributed by atoms with Gasteiger partial charge in [0.1, 0.15) is 11.2 Å². The molecule has 0 bridgehead atoms. The molecule has 2 fully saturated rings. The normalized spacial score (nSPS) is 17.9. The van der Waals surface area contributed by atoms with Crippen molar-refractivity contribution in [3.8, 4) is 11.5 Å². The van der Waals surface area contributed by atoms with Gasteiger partial charge in [0.05, 0.1) is 16.7 Å². The quantitative estimate of drug-likeness (QED) is 0.305. The molecule has 4 aromatic rings. The van der Waals surface area contributed by atoms with Crippen molar-refractivity contribution in [2.24, 2.45) is 13.0 Å². The summed E-state index contributed by atoms with van der Waals surface area (Å²) in [5.41, 5.74) is 3.71. The molecule has 4 heterocycles. The minimum Gasteiger partial charge on any atom is -0.444 e. The first-order valence-electron chi connectivity index (χ1n) is 14.0. The fourth-order valence-electron chi connectivity index (χ4n) is 5.60. The van der Waals surface area contributed by atoms with Crippen LogP contribution in [0.5, 0.6) is 0 Å². The number of piperidine rings is 1. The van der Waals surface area contributed by atoms with Crippen molar-refractivity contribution in [2.45, 2.75) is 64.6 Å². The number of rotatable bonds is 5. The molecule has 2 amide bonds. The molecule has 10 heteroatoms. The van der Waals surface area contributed by atoms with Crippen LogP contribution < -0.4 is 5.32 Å². The third kappa shape index (κ3) is 5.33. The smallest absolute Gasteiger partial charge is 0.407 e. The number of ether oxygens (including phenoxy) is 1. The first-order chi connectivity index (χ1) is 19.1. The first kappa shape index (κ1) is 26.8. The van der Waals surface area contributed by atoms with Gasteiger partial charge in [-0.1, -0.05) is 0 Å². The Hall–Kier alpha value is -3.40. The predicted molar refractivity (Wildman–Crippen MR) is 158 cm³/mol. The summed E-state index contributed by atoms with van der Waals surface area (Å²) >= 11 is 3.73. The number of nitrogens with zero attached hydrogens (tertiary/aromatic N) is 5. The summed E-state index contributed by atoms with van der Waals surface area (Å²) in [6.07, 6.45) is 5.49. The van der Waals surface area contributed by atoms with Gasteiger partial charge < -0.3 is 24.1 Å². The maximum Gasteiger partial charge on any atom is 0.407 e. The highest BCUT2D eigenvalue weighted by Crippen LogP contribution is 2.37. The van der Waals surface area contributed by atoms with E-state index in [-0.39, 0.29) is 11.9 Å². The lowest BCUT2D eigenvalue weighted by atomic mass is 10.0. The molecule has 0 spiro atoms. The molecule has 3 aromatic heterocycles. The number of nitrogens with one attached hydrogen (secondary N) is 1. The Morgan fingerprint density at radius 3 is 2.73 bits per heavy atom. The summed E-state index contributed by atoms with van der Waals surface area (Å²) in [5, 5.41) is 4.03. The van der Waals surface area contributed by atoms with Crippen LogP contribution in [0.1, 0.15) is 56.8 Å². The molecule has 1 aliphatic heterocycles. The minimum absolute atomic E-state index is 0.0717. The zero-order chi connectivity index (χ0) is 28.2. The summed E-state index contributed by atoms with van der Waals surface area (Å²) in [6.45, 7) is 7.52. The predicted octanol–water partition coefficient (Wildman–Crippen LogP) is 5.89. The lowest BCUT2D eigenvalue weighted by molar-refractivity contribution is 0.0452. The van der Waals surface area contributed by atoms with Gasteiger partial charge in [-0.05, 0) is 98.6 Å². The molecule has 1 aliphatic carbocycles. The van der Waals surface area contributed by atoms with E-state index in [0.717, 1.165) is 57.4 Å². The topological polar surface area (TPSA) is 94.3 Å². The molecule has 1 N–H and O–H groups in total. The van der Waals surface area contributed by atoms with Gasteiger partial charge in [-0.25, -0.2) is 14.8 Å². The molecule has 1 atom stereocenters. The maximum absolute atomic E-state index is 13.6. The number of fused-ring (bicyclic) bond motifs is 2. The van der Waals surface area contributed by atoms with Crippen LogP contribution in [0, 0.1) is 5.92 Å². The molecule has 40 heavy (non-hydrogen) atoms. The van der Waals surface area contributed by atoms with Crippen LogP contribution in [-0.4, -0.2) is 60.7 Å². The van der Waals surface area contributed by atoms with Gasteiger partial charge in [0.25, 0.3) is 5.91 Å². The van der Waals surface area contributed by atoms with E-state index in [1.165, 1.54) is 12.8 Å². The van der Waals surface area contributed by atoms with Crippen LogP contribution >= 0.6 is 15.9 Å². The molecule has 9 nitrogen and oxygen atoms in total. The number of benzene rings is 1. The van der Waals surface area contributed by atoms with Crippen molar-refractivity contribution in [3.63, 3.8) is 0 Å². The van der Waals surface area contributed by atoms with Crippen molar-refractivity contribution < 1.29 is 14.3 Å². The Morgan fingerprint density at radius 2 is 1.98 bits per heavy atom. The third-order valence-electron chi connectivity index (χ3n) is 7.62. The number of aromatic nitrogens is 4. The van der Waals surface area contributed by atoms with E-state index in [4.69, 9.17) is 9.72 Å². The van der Waals surface area contributed by atoms with Crippen LogP contribution in [0.3, 0.4) is 0 Å². The number of carbonyl (C=O) groups is 2. The van der Waals surface area contributed by atoms with Crippen molar-refractivity contribution in [1.29, 1.82) is 0 Å². The molecule has 210 valence electrons. The third-order valence-corrected chi connectivity index (χ3v) is 8.23. The largest absolute Gasteiger partial charge is 0.444 e. The van der Waals surface area contributed by atoms with Crippen LogP contribution in [0.15, 0.2) is 41.0 Å². The van der Waals surface area contributed by atoms with Crippen LogP contribution in [-0.2, 0) is 18.3 Å². The Bertz CT molecular complexity index is 1610. The van der Waals surface area contributed by atoms with Crippen molar-refractivity contribution in [2.75, 3.05) is 13.1 Å². The Balaban J connectivity index is 1.29. The lowest BCUT2D eigenvalue weighted by Crippen LogP contribution is -2.50. The summed E-state index contributed by atoms with van der Waals surface area (Å²) in [7, 11) is 2.01. The van der Waals surface area contributed by atoms with E-state index in [1.807, 2.05) is 57.1 Å². The number of likely N-dealkylation sites (tertiary alicyclic amines) is 1. The summed E-state index contributed by atoms with van der Waals surface area (Å²) < 4.78 is 10.6. The molecule has 1 saturated carbocycles. The molecular formula is C30H35BrN6O3. The monoisotopic (exact) mass is 606 g/mol. The fraction of sp³-hybridized carbons (Fsp3) is 0.467. The maximum atomic E-state index is 13.6. The van der Waals surface area contributed by atoms with Crippen LogP contribution in [0.2, 0.25) is 0 Å². The van der Waals surface area contributed by atoms with E-state index in [2.05, 4.69) is 47.5 Å². The SMILES string of the molecule is Cn1c(-c2cc3cccnc3n2CC2CC2)nc2cc(C(=O)N3CCC[C@@H](NC(=O)OC(C)(C)C)C3)cc(Br)c21. The second kappa shape index (κ2) is 10.2. The van der Waals surface area contributed by atoms with Gasteiger partial charge in [-0.3, -0.25) is 4.79 Å². The second-order valence-electron chi connectivity index (χ2n) is 12.1. The van der Waals surface area contributed by atoms with Crippen molar-refractivity contribution in [3.05, 3.63) is 46.6 Å². The number of imidazole rings is 1. The number of alkyl carbamates (subject to hydrolysis) is 1. The number of aryl methyl sites for hydroxylation is 1. The number of hydrogen-bond acceptors (Lipinski definition) is 5. The number of amides is 2. The minimum atomic E-state index is -0.569. The average molecular weight is 608 g/mol. The number of hydrogen-bond donors (Lipinski definition) is 1. The van der Waals surface area contributed by atoms with E-state index < -0.39 is 11.7 Å². The summed E-state index contributed by atoms with van der Waals surface area (Å²) in [6, 6.07) is 9.82. The van der Waals surface area contributed by atoms with Gasteiger partial charge in [0, 0.05) is 54.3 Å². The van der Waals surface area contributed by atoms with E-state index in [1.54, 1.807) is 0 Å². The highest BCUT2D eigenvalue weighted by molar-refractivity contribution is 9.10. The van der Waals surface area contributed by atoms with Crippen LogP contribution in [0.4, 0.5) is 4.79 Å². The zero-order valence-electron chi connectivity index (χ0n) is 23.4. The van der Waals surface area contributed by atoms with E-state index >= 15 is 0 Å². The molecular weight excluding hydrogens is 572 g/mol. The molecule has 6 rings (SSSR count). The molecule has 1 saturated heterocycles. The molecule has 0 radical (unpaired) electrons. The summed E-state index contributed by atoms with van der Waals surface area (Å²) in [5.74, 6) is 1.45. The van der Waals surface area contributed by atoms with E-state index in [9.17, 15) is 9.59 Å². The average Bonchev–Trinajstić information content (AvgIpc) is 3.56. The Labute approximate surface area is 242 Å². The van der Waals surface area contributed by atoms with Gasteiger partial charge in [-0.15, -0.1) is 0 Å². The molecule has 2 aliphatic rings. The number of halogens is 1. The van der Waals surface area contributed by atoms with Gasteiger partial charge in [-0.2, -0.15) is 0 Å². The zero-order valence-corrected chi connectivity index (χ0v) is 25.0. The summed E-state index contributed by atoms with van der Waals surface area (Å²) in [4.78, 5) is 37.5.